The second-order valence-corrected chi connectivity index (χ2v) is 18.1. The second-order valence-electron chi connectivity index (χ2n) is 14.2. The molecule has 0 spiro atoms. The minimum atomic E-state index is 0. The molecule has 0 radical (unpaired) electrons. The van der Waals surface area contributed by atoms with Gasteiger partial charge in [-0.15, -0.1) is 0 Å². The molecule has 71 heavy (non-hydrogen) atoms. The standard InChI is InChI=1S/4C12H10N4S.2H2O.Pd/c4*1-2-4-9(5-3-1)6-17-12-10-11(14-7-13-10)15-8-16-12;;;/h4*1-5,7-8H,6H2,(H,13,14,15,16);2*1H2;. The molecule has 0 aliphatic carbocycles. The molecular weight excluding hydrogens is 1070 g/mol. The largest absolute Gasteiger partial charge is 0.412 e. The van der Waals surface area contributed by atoms with E-state index in [9.17, 15) is 0 Å². The summed E-state index contributed by atoms with van der Waals surface area (Å²) < 4.78 is 0. The Morgan fingerprint density at radius 1 is 0.282 bits per heavy atom. The van der Waals surface area contributed by atoms with Crippen LogP contribution < -0.4 is 0 Å². The van der Waals surface area contributed by atoms with Crippen molar-refractivity contribution in [3.8, 4) is 0 Å². The number of imidazole rings is 4. The Labute approximate surface area is 437 Å². The maximum Gasteiger partial charge on any atom is 0.181 e. The fourth-order valence-electron chi connectivity index (χ4n) is 6.31. The monoisotopic (exact) mass is 1110 g/mol. The third-order valence-corrected chi connectivity index (χ3v) is 13.9. The minimum absolute atomic E-state index is 0. The van der Waals surface area contributed by atoms with Crippen LogP contribution in [0.3, 0.4) is 0 Å². The predicted octanol–water partition coefficient (Wildman–Crippen LogP) is 8.93. The van der Waals surface area contributed by atoms with Gasteiger partial charge >= 0.3 is 0 Å². The first-order valence-corrected chi connectivity index (χ1v) is 24.9. The number of hydrogen-bond acceptors (Lipinski definition) is 16. The Morgan fingerprint density at radius 2 is 0.493 bits per heavy atom. The number of rotatable bonds is 12. The van der Waals surface area contributed by atoms with Crippen molar-refractivity contribution >= 4 is 91.7 Å². The van der Waals surface area contributed by atoms with Crippen LogP contribution in [0, 0.1) is 0 Å². The summed E-state index contributed by atoms with van der Waals surface area (Å²) in [5, 5.41) is 3.76. The fourth-order valence-corrected chi connectivity index (χ4v) is 9.96. The van der Waals surface area contributed by atoms with Gasteiger partial charge in [-0.25, -0.2) is 59.8 Å². The van der Waals surface area contributed by atoms with Crippen molar-refractivity contribution in [2.24, 2.45) is 0 Å². The molecule has 0 aliphatic rings. The molecule has 8 heterocycles. The van der Waals surface area contributed by atoms with E-state index in [1.165, 1.54) is 22.3 Å². The summed E-state index contributed by atoms with van der Waals surface area (Å²) in [6.07, 6.45) is 12.8. The van der Waals surface area contributed by atoms with Crippen LogP contribution in [0.4, 0.5) is 0 Å². The third kappa shape index (κ3) is 15.0. The molecule has 18 nitrogen and oxygen atoms in total. The van der Waals surface area contributed by atoms with Crippen molar-refractivity contribution in [3.63, 3.8) is 0 Å². The van der Waals surface area contributed by atoms with Gasteiger partial charge in [0.1, 0.15) is 67.5 Å². The molecule has 8 N–H and O–H groups in total. The van der Waals surface area contributed by atoms with Gasteiger partial charge in [0.25, 0.3) is 0 Å². The van der Waals surface area contributed by atoms with E-state index in [0.29, 0.717) is 0 Å². The first-order valence-electron chi connectivity index (χ1n) is 21.0. The molecule has 362 valence electrons. The Kier molecular flexibility index (Phi) is 21.1. The molecule has 0 amide bonds. The summed E-state index contributed by atoms with van der Waals surface area (Å²) in [5.74, 6) is 3.58. The van der Waals surface area contributed by atoms with E-state index >= 15 is 0 Å². The predicted molar refractivity (Wildman–Crippen MR) is 278 cm³/mol. The molecule has 8 aromatic heterocycles. The number of hydrogen-bond donors (Lipinski definition) is 4. The molecular formula is C48H44N16O2PdS4. The number of benzene rings is 4. The van der Waals surface area contributed by atoms with Crippen LogP contribution in [0.5, 0.6) is 0 Å². The Bertz CT molecular complexity index is 2960. The molecule has 0 atom stereocenters. The molecule has 0 saturated heterocycles. The van der Waals surface area contributed by atoms with Gasteiger partial charge < -0.3 is 30.9 Å². The Morgan fingerprint density at radius 3 is 0.704 bits per heavy atom. The van der Waals surface area contributed by atoms with Crippen molar-refractivity contribution < 1.29 is 31.4 Å². The van der Waals surface area contributed by atoms with E-state index < -0.39 is 0 Å². The van der Waals surface area contributed by atoms with Crippen LogP contribution in [0.25, 0.3) is 44.7 Å². The van der Waals surface area contributed by atoms with Crippen molar-refractivity contribution in [3.05, 3.63) is 194 Å². The summed E-state index contributed by atoms with van der Waals surface area (Å²) in [4.78, 5) is 62.2. The maximum absolute atomic E-state index is 4.27. The van der Waals surface area contributed by atoms with Crippen LogP contribution in [0.1, 0.15) is 22.3 Å². The normalized spacial score (nSPS) is 10.4. The summed E-state index contributed by atoms with van der Waals surface area (Å²) in [7, 11) is 0. The van der Waals surface area contributed by atoms with E-state index in [4.69, 9.17) is 0 Å². The van der Waals surface area contributed by atoms with E-state index in [2.05, 4.69) is 128 Å². The molecule has 23 heteroatoms. The van der Waals surface area contributed by atoms with Crippen LogP contribution >= 0.6 is 47.0 Å². The Hall–Kier alpha value is -6.94. The van der Waals surface area contributed by atoms with E-state index in [1.807, 2.05) is 72.8 Å². The van der Waals surface area contributed by atoms with Crippen molar-refractivity contribution in [1.29, 1.82) is 0 Å². The fraction of sp³-hybridized carbons (Fsp3) is 0.0833. The second kappa shape index (κ2) is 28.0. The number of aromatic amines is 4. The average molecular weight is 1110 g/mol. The number of nitrogens with zero attached hydrogens (tertiary/aromatic N) is 12. The number of thioether (sulfide) groups is 4. The SMILES string of the molecule is O.O.[Pd].c1ccc(CSc2ncnc3nc[nH]c23)cc1.c1ccc(CSc2ncnc3nc[nH]c23)cc1.c1ccc(CSc2ncnc3nc[nH]c23)cc1.c1ccc(CSc2ncnc3nc[nH]c23)cc1. The van der Waals surface area contributed by atoms with E-state index in [1.54, 1.807) is 97.7 Å². The number of nitrogens with one attached hydrogen (secondary N) is 4. The molecule has 0 unspecified atom stereocenters. The van der Waals surface area contributed by atoms with Crippen LogP contribution in [0.2, 0.25) is 0 Å². The van der Waals surface area contributed by atoms with E-state index in [0.717, 1.165) is 87.8 Å². The third-order valence-electron chi connectivity index (χ3n) is 9.63. The van der Waals surface area contributed by atoms with Crippen LogP contribution in [-0.4, -0.2) is 90.7 Å². The first-order chi connectivity index (χ1) is 33.7. The molecule has 0 aliphatic heterocycles. The number of fused-ring (bicyclic) bond motifs is 4. The average Bonchev–Trinajstić information content (AvgIpc) is 4.27. The summed E-state index contributed by atoms with van der Waals surface area (Å²) >= 11 is 6.74. The van der Waals surface area contributed by atoms with E-state index in [-0.39, 0.29) is 31.4 Å². The van der Waals surface area contributed by atoms with Crippen molar-refractivity contribution in [1.82, 2.24) is 79.7 Å². The van der Waals surface area contributed by atoms with Gasteiger partial charge in [-0.1, -0.05) is 168 Å². The minimum Gasteiger partial charge on any atom is -0.412 e. The first kappa shape index (κ1) is 53.4. The summed E-state index contributed by atoms with van der Waals surface area (Å²) in [6.45, 7) is 0. The smallest absolute Gasteiger partial charge is 0.181 e. The zero-order valence-corrected chi connectivity index (χ0v) is 42.1. The van der Waals surface area contributed by atoms with Gasteiger partial charge in [-0.3, -0.25) is 0 Å². The zero-order valence-electron chi connectivity index (χ0n) is 37.3. The van der Waals surface area contributed by atoms with Gasteiger partial charge in [-0.05, 0) is 22.3 Å². The van der Waals surface area contributed by atoms with Gasteiger partial charge in [-0.2, -0.15) is 0 Å². The number of aromatic nitrogens is 16. The molecule has 0 fully saturated rings. The van der Waals surface area contributed by atoms with Crippen LogP contribution in [0.15, 0.2) is 192 Å². The van der Waals surface area contributed by atoms with Gasteiger partial charge in [0.15, 0.2) is 22.6 Å². The molecule has 4 aromatic carbocycles. The quantitative estimate of drug-likeness (QED) is 0.0504. The van der Waals surface area contributed by atoms with Gasteiger partial charge in [0.05, 0.1) is 25.3 Å². The number of H-pyrrole nitrogens is 4. The molecule has 12 rings (SSSR count). The van der Waals surface area contributed by atoms with Gasteiger partial charge in [0, 0.05) is 43.4 Å². The maximum atomic E-state index is 4.27. The summed E-state index contributed by atoms with van der Waals surface area (Å²) in [6, 6.07) is 41.3. The molecule has 0 saturated carbocycles. The topological polar surface area (TPSA) is 281 Å². The molecule has 12 aromatic rings. The van der Waals surface area contributed by atoms with Crippen molar-refractivity contribution in [2.75, 3.05) is 0 Å². The summed E-state index contributed by atoms with van der Waals surface area (Å²) in [5.41, 5.74) is 11.6. The van der Waals surface area contributed by atoms with Crippen LogP contribution in [-0.2, 0) is 43.4 Å². The Balaban J connectivity index is 0.000000153. The van der Waals surface area contributed by atoms with Gasteiger partial charge in [0.2, 0.25) is 0 Å². The van der Waals surface area contributed by atoms with Crippen molar-refractivity contribution in [2.45, 2.75) is 43.1 Å². The molecule has 0 bridgehead atoms. The zero-order chi connectivity index (χ0) is 46.0.